The van der Waals surface area contributed by atoms with Crippen molar-refractivity contribution in [3.63, 3.8) is 0 Å². The summed E-state index contributed by atoms with van der Waals surface area (Å²) in [4.78, 5) is 26.8. The number of fused-ring (bicyclic) bond motifs is 5. The Balaban J connectivity index is 1.16. The summed E-state index contributed by atoms with van der Waals surface area (Å²) in [5.41, 5.74) is -1.96. The minimum Gasteiger partial charge on any atom is -0.442 e. The zero-order valence-electron chi connectivity index (χ0n) is 27.5. The zero-order chi connectivity index (χ0) is 31.4. The van der Waals surface area contributed by atoms with E-state index in [-0.39, 0.29) is 22.8 Å². The number of quaternary nitrogens is 2. The van der Waals surface area contributed by atoms with E-state index < -0.39 is 11.2 Å². The van der Waals surface area contributed by atoms with E-state index >= 15 is 0 Å². The third kappa shape index (κ3) is 5.28. The lowest BCUT2D eigenvalue weighted by Crippen LogP contribution is -2.58. The highest BCUT2D eigenvalue weighted by atomic mass is 16.6. The third-order valence-electron chi connectivity index (χ3n) is 13.6. The summed E-state index contributed by atoms with van der Waals surface area (Å²) in [7, 11) is 4.21. The molecule has 2 saturated heterocycles. The van der Waals surface area contributed by atoms with Crippen molar-refractivity contribution >= 4 is 11.9 Å². The van der Waals surface area contributed by atoms with Crippen LogP contribution >= 0.6 is 0 Å². The number of nitrogens with zero attached hydrogens (tertiary/aromatic N) is 2. The van der Waals surface area contributed by atoms with Gasteiger partial charge in [0.15, 0.2) is 24.3 Å². The molecule has 44 heavy (non-hydrogen) atoms. The molecule has 0 amide bonds. The van der Waals surface area contributed by atoms with Crippen LogP contribution in [0.1, 0.15) is 65.2 Å². The quantitative estimate of drug-likeness (QED) is 0.261. The Kier molecular flexibility index (Phi) is 8.19. The summed E-state index contributed by atoms with van der Waals surface area (Å²) >= 11 is 0. The number of esters is 2. The second-order valence-corrected chi connectivity index (χ2v) is 16.3. The lowest BCUT2D eigenvalue weighted by atomic mass is 9.47. The Morgan fingerprint density at radius 2 is 1.36 bits per heavy atom. The Bertz CT molecular complexity index is 1230. The van der Waals surface area contributed by atoms with E-state index in [0.29, 0.717) is 72.2 Å². The molecule has 8 atom stereocenters. The van der Waals surface area contributed by atoms with Gasteiger partial charge >= 0.3 is 11.9 Å². The van der Waals surface area contributed by atoms with Gasteiger partial charge in [-0.2, -0.15) is 0 Å². The first-order valence-corrected chi connectivity index (χ1v) is 17.0. The van der Waals surface area contributed by atoms with Crippen LogP contribution in [0.2, 0.25) is 0 Å². The number of hydrogen-bond acceptors (Lipinski definition) is 6. The molecule has 6 aliphatic rings. The van der Waals surface area contributed by atoms with Crippen molar-refractivity contribution in [2.75, 3.05) is 79.8 Å². The summed E-state index contributed by atoms with van der Waals surface area (Å²) in [5.74, 6) is 7.50. The molecule has 4 saturated carbocycles. The average Bonchev–Trinajstić information content (AvgIpc) is 3.44. The first-order valence-electron chi connectivity index (χ1n) is 17.0. The number of carbonyl (C=O) groups is 2. The van der Waals surface area contributed by atoms with E-state index in [4.69, 9.17) is 31.8 Å². The zero-order valence-corrected chi connectivity index (χ0v) is 27.5. The maximum absolute atomic E-state index is 13.4. The molecule has 2 unspecified atom stereocenters. The highest BCUT2D eigenvalue weighted by Gasteiger charge is 2.68. The predicted octanol–water partition coefficient (Wildman–Crippen LogP) is 3.42. The van der Waals surface area contributed by atoms with Crippen molar-refractivity contribution in [3.8, 4) is 24.7 Å². The molecule has 2 aliphatic heterocycles. The van der Waals surface area contributed by atoms with Crippen molar-refractivity contribution in [2.24, 2.45) is 34.5 Å². The van der Waals surface area contributed by atoms with E-state index in [1.54, 1.807) is 0 Å². The van der Waals surface area contributed by atoms with Gasteiger partial charge in [0.1, 0.15) is 26.2 Å². The normalized spacial score (nSPS) is 43.8. The summed E-state index contributed by atoms with van der Waals surface area (Å²) in [6.45, 7) is 11.3. The van der Waals surface area contributed by atoms with Gasteiger partial charge in [0.05, 0.1) is 40.5 Å². The van der Waals surface area contributed by atoms with Crippen LogP contribution in [0.4, 0.5) is 0 Å². The van der Waals surface area contributed by atoms with Gasteiger partial charge in [-0.3, -0.25) is 0 Å². The molecule has 2 heterocycles. The molecule has 0 N–H and O–H groups in total. The van der Waals surface area contributed by atoms with Gasteiger partial charge in [-0.1, -0.05) is 25.7 Å². The van der Waals surface area contributed by atoms with Crippen LogP contribution in [0.5, 0.6) is 0 Å². The van der Waals surface area contributed by atoms with Gasteiger partial charge in [0.2, 0.25) is 0 Å². The Hall–Kier alpha value is -2.10. The molecule has 242 valence electrons. The van der Waals surface area contributed by atoms with Gasteiger partial charge < -0.3 is 27.9 Å². The van der Waals surface area contributed by atoms with Crippen LogP contribution in [0.3, 0.4) is 0 Å². The van der Waals surface area contributed by atoms with Crippen molar-refractivity contribution in [2.45, 2.75) is 76.4 Å². The van der Waals surface area contributed by atoms with Crippen LogP contribution in [-0.2, 0) is 28.5 Å². The van der Waals surface area contributed by atoms with E-state index in [9.17, 15) is 9.59 Å². The fourth-order valence-corrected chi connectivity index (χ4v) is 10.9. The molecule has 6 rings (SSSR count). The van der Waals surface area contributed by atoms with Crippen molar-refractivity contribution in [3.05, 3.63) is 0 Å². The number of morpholine rings is 2. The minimum absolute atomic E-state index is 0.00152. The molecule has 0 aromatic heterocycles. The van der Waals surface area contributed by atoms with Crippen molar-refractivity contribution in [1.29, 1.82) is 0 Å². The first-order chi connectivity index (χ1) is 20.8. The van der Waals surface area contributed by atoms with Gasteiger partial charge in [-0.15, -0.1) is 12.8 Å². The Morgan fingerprint density at radius 3 is 1.93 bits per heavy atom. The summed E-state index contributed by atoms with van der Waals surface area (Å²) in [6, 6.07) is 0. The fourth-order valence-electron chi connectivity index (χ4n) is 10.9. The molecular formula is C36H54N2O6+2. The average molecular weight is 611 g/mol. The second-order valence-electron chi connectivity index (χ2n) is 16.3. The molecule has 4 aliphatic carbocycles. The van der Waals surface area contributed by atoms with Crippen LogP contribution in [-0.4, -0.2) is 112 Å². The molecule has 0 bridgehead atoms. The monoisotopic (exact) mass is 610 g/mol. The molecule has 0 aromatic carbocycles. The third-order valence-corrected chi connectivity index (χ3v) is 13.6. The highest BCUT2D eigenvalue weighted by molar-refractivity contribution is 5.72. The molecule has 0 aromatic rings. The molecule has 8 nitrogen and oxygen atoms in total. The first kappa shape index (κ1) is 31.9. The van der Waals surface area contributed by atoms with Crippen LogP contribution < -0.4 is 0 Å². The van der Waals surface area contributed by atoms with E-state index in [2.05, 4.69) is 39.8 Å². The van der Waals surface area contributed by atoms with E-state index in [1.165, 1.54) is 0 Å². The number of ether oxygens (including phenoxy) is 4. The van der Waals surface area contributed by atoms with Crippen molar-refractivity contribution < 1.29 is 37.5 Å². The fraction of sp³-hybridized carbons (Fsp3) is 0.833. The Labute approximate surface area is 264 Å². The largest absolute Gasteiger partial charge is 0.442 e. The van der Waals surface area contributed by atoms with E-state index in [1.807, 2.05) is 0 Å². The van der Waals surface area contributed by atoms with Crippen LogP contribution in [0.15, 0.2) is 0 Å². The molecule has 6 fully saturated rings. The van der Waals surface area contributed by atoms with Gasteiger partial charge in [0, 0.05) is 18.3 Å². The van der Waals surface area contributed by atoms with Gasteiger partial charge in [-0.25, -0.2) is 9.59 Å². The maximum atomic E-state index is 13.4. The van der Waals surface area contributed by atoms with E-state index in [0.717, 1.165) is 77.5 Å². The van der Waals surface area contributed by atoms with Crippen LogP contribution in [0.25, 0.3) is 0 Å². The maximum Gasteiger partial charge on any atom is 0.363 e. The summed E-state index contributed by atoms with van der Waals surface area (Å²) < 4.78 is 25.0. The van der Waals surface area contributed by atoms with Gasteiger partial charge in [-0.05, 0) is 67.6 Å². The SMILES string of the molecule is C#C[C@@]1(OC(=O)C[N+]2(C)CCOCC2)CC2CCC3[C@H](CC[C@@]4(C)[C@H]3CC[C@]4(C#C)OC(=O)C[N+]3(C)CCOCC3)[C@@]2(C)C1. The predicted molar refractivity (Wildman–Crippen MR) is 166 cm³/mol. The lowest BCUT2D eigenvalue weighted by molar-refractivity contribution is -0.910. The highest BCUT2D eigenvalue weighted by Crippen LogP contribution is 2.70. The standard InChI is InChI=1S/C36H54N2O6/c1-7-35(43-31(39)24-37(5)15-19-41-20-16-37)23-27-9-10-28-29(33(27,3)26-35)11-13-34(4)30(28)12-14-36(34,8-2)44-32(40)25-38(6)17-21-42-22-18-38/h1-2,27-30H,9-26H2,3-6H3/q+2/t27?,28?,29-,30-,33-,34-,35+,36-/m0/s1. The topological polar surface area (TPSA) is 71.1 Å². The van der Waals surface area contributed by atoms with Gasteiger partial charge in [0.25, 0.3) is 0 Å². The number of terminal acetylenes is 2. The minimum atomic E-state index is -0.866. The second kappa shape index (κ2) is 11.3. The molecule has 0 radical (unpaired) electrons. The van der Waals surface area contributed by atoms with Crippen molar-refractivity contribution in [1.82, 2.24) is 0 Å². The Morgan fingerprint density at radius 1 is 0.795 bits per heavy atom. The van der Waals surface area contributed by atoms with Crippen LogP contribution in [0, 0.1) is 59.2 Å². The summed E-state index contributed by atoms with van der Waals surface area (Å²) in [6.07, 6.45) is 19.8. The molecular weight excluding hydrogens is 556 g/mol. The molecule has 8 heteroatoms. The number of rotatable bonds is 6. The number of hydrogen-bond donors (Lipinski definition) is 0. The molecule has 0 spiro atoms. The lowest BCUT2D eigenvalue weighted by Gasteiger charge is -2.58. The summed E-state index contributed by atoms with van der Waals surface area (Å²) in [5, 5.41) is 0. The number of likely N-dealkylation sites (N-methyl/N-ethyl adjacent to an activating group) is 2. The number of carbonyl (C=O) groups excluding carboxylic acids is 2. The smallest absolute Gasteiger partial charge is 0.363 e.